The number of nitrogens with zero attached hydrogens (tertiary/aromatic N) is 2. The van der Waals surface area contributed by atoms with E-state index in [1.165, 1.54) is 23.1 Å². The highest BCUT2D eigenvalue weighted by atomic mass is 79.9. The van der Waals surface area contributed by atoms with Gasteiger partial charge in [0.1, 0.15) is 11.9 Å². The predicted octanol–water partition coefficient (Wildman–Crippen LogP) is 6.18. The summed E-state index contributed by atoms with van der Waals surface area (Å²) in [4.78, 5) is 26.0. The fourth-order valence-corrected chi connectivity index (χ4v) is 4.09. The van der Waals surface area contributed by atoms with Crippen LogP contribution in [0.5, 0.6) is 5.75 Å². The molecule has 7 nitrogen and oxygen atoms in total. The summed E-state index contributed by atoms with van der Waals surface area (Å²) in [6, 6.07) is 16.6. The first kappa shape index (κ1) is 21.1. The summed E-state index contributed by atoms with van der Waals surface area (Å²) in [5.74, 6) is 0.341. The van der Waals surface area contributed by atoms with Gasteiger partial charge in [0.05, 0.1) is 22.8 Å². The second-order valence-electron chi connectivity index (χ2n) is 6.81. The molecule has 1 N–H and O–H groups in total. The lowest BCUT2D eigenvalue weighted by Crippen LogP contribution is -2.43. The minimum absolute atomic E-state index is 0.113. The predicted molar refractivity (Wildman–Crippen MR) is 123 cm³/mol. The standard InChI is InChI=1S/C22H17BrClN3O4/c1-2-31-16-5-3-4-14(11-16)26-21(17-12-15(27(29)30)7-8-19(17)24)25-20-9-6-13(23)10-18(20)22(26)28/h3-12,21,25H,2H2,1H3. The first-order valence-corrected chi connectivity index (χ1v) is 10.6. The fraction of sp³-hybridized carbons (Fsp3) is 0.136. The molecule has 0 saturated heterocycles. The van der Waals surface area contributed by atoms with Crippen LogP contribution in [0.3, 0.4) is 0 Å². The van der Waals surface area contributed by atoms with Gasteiger partial charge in [0, 0.05) is 38.9 Å². The van der Waals surface area contributed by atoms with Gasteiger partial charge in [-0.05, 0) is 43.3 Å². The molecule has 3 aromatic carbocycles. The normalized spacial score (nSPS) is 15.3. The molecule has 0 spiro atoms. The zero-order chi connectivity index (χ0) is 22.1. The van der Waals surface area contributed by atoms with E-state index in [0.717, 1.165) is 4.47 Å². The van der Waals surface area contributed by atoms with Crippen LogP contribution >= 0.6 is 27.5 Å². The van der Waals surface area contributed by atoms with Crippen LogP contribution in [0.2, 0.25) is 5.02 Å². The molecule has 1 amide bonds. The number of hydrogen-bond donors (Lipinski definition) is 1. The first-order chi connectivity index (χ1) is 14.9. The molecule has 0 radical (unpaired) electrons. The Morgan fingerprint density at radius 1 is 1.19 bits per heavy atom. The molecule has 0 fully saturated rings. The molecule has 4 rings (SSSR count). The molecule has 9 heteroatoms. The van der Waals surface area contributed by atoms with Crippen LogP contribution in [0, 0.1) is 10.1 Å². The van der Waals surface area contributed by atoms with Gasteiger partial charge in [-0.25, -0.2) is 0 Å². The molecule has 3 aromatic rings. The molecule has 1 heterocycles. The van der Waals surface area contributed by atoms with Crippen molar-refractivity contribution >= 4 is 50.5 Å². The van der Waals surface area contributed by atoms with Gasteiger partial charge in [-0.3, -0.25) is 19.8 Å². The molecular weight excluding hydrogens is 486 g/mol. The van der Waals surface area contributed by atoms with E-state index in [1.54, 1.807) is 36.4 Å². The molecule has 1 aliphatic rings. The lowest BCUT2D eigenvalue weighted by Gasteiger charge is -2.38. The Morgan fingerprint density at radius 2 is 2.00 bits per heavy atom. The van der Waals surface area contributed by atoms with Crippen LogP contribution in [0.15, 0.2) is 65.1 Å². The van der Waals surface area contributed by atoms with Gasteiger partial charge < -0.3 is 10.1 Å². The van der Waals surface area contributed by atoms with Crippen LogP contribution < -0.4 is 15.0 Å². The van der Waals surface area contributed by atoms with Gasteiger partial charge in [0.15, 0.2) is 0 Å². The number of carbonyl (C=O) groups is 1. The van der Waals surface area contributed by atoms with Gasteiger partial charge in [0.25, 0.3) is 11.6 Å². The third-order valence-corrected chi connectivity index (χ3v) is 5.71. The van der Waals surface area contributed by atoms with Gasteiger partial charge in [-0.2, -0.15) is 0 Å². The number of rotatable bonds is 5. The van der Waals surface area contributed by atoms with Crippen molar-refractivity contribution in [2.75, 3.05) is 16.8 Å². The van der Waals surface area contributed by atoms with E-state index in [4.69, 9.17) is 16.3 Å². The van der Waals surface area contributed by atoms with E-state index in [-0.39, 0.29) is 11.6 Å². The number of benzene rings is 3. The number of carbonyl (C=O) groups excluding carboxylic acids is 1. The van der Waals surface area contributed by atoms with E-state index in [0.29, 0.717) is 39.9 Å². The lowest BCUT2D eigenvalue weighted by atomic mass is 10.0. The minimum Gasteiger partial charge on any atom is -0.494 e. The zero-order valence-corrected chi connectivity index (χ0v) is 18.7. The molecule has 0 aliphatic carbocycles. The Kier molecular flexibility index (Phi) is 5.84. The molecule has 0 bridgehead atoms. The first-order valence-electron chi connectivity index (χ1n) is 9.45. The highest BCUT2D eigenvalue weighted by Gasteiger charge is 2.36. The highest BCUT2D eigenvalue weighted by molar-refractivity contribution is 9.10. The largest absolute Gasteiger partial charge is 0.494 e. The number of nitro benzene ring substituents is 1. The molecule has 0 aromatic heterocycles. The van der Waals surface area contributed by atoms with E-state index in [1.807, 2.05) is 13.0 Å². The van der Waals surface area contributed by atoms with Crippen LogP contribution in [0.1, 0.15) is 29.0 Å². The van der Waals surface area contributed by atoms with E-state index in [2.05, 4.69) is 21.2 Å². The molecule has 0 saturated carbocycles. The number of hydrogen-bond acceptors (Lipinski definition) is 5. The van der Waals surface area contributed by atoms with Crippen molar-refractivity contribution < 1.29 is 14.5 Å². The zero-order valence-electron chi connectivity index (χ0n) is 16.3. The fourth-order valence-electron chi connectivity index (χ4n) is 3.51. The average molecular weight is 503 g/mol. The molecule has 1 unspecified atom stereocenters. The van der Waals surface area contributed by atoms with Gasteiger partial charge in [-0.15, -0.1) is 0 Å². The average Bonchev–Trinajstić information content (AvgIpc) is 2.74. The van der Waals surface area contributed by atoms with Crippen LogP contribution in [0.4, 0.5) is 17.1 Å². The number of fused-ring (bicyclic) bond motifs is 1. The number of ether oxygens (including phenoxy) is 1. The minimum atomic E-state index is -0.759. The van der Waals surface area contributed by atoms with Crippen LogP contribution in [-0.4, -0.2) is 17.4 Å². The van der Waals surface area contributed by atoms with Crippen LogP contribution in [-0.2, 0) is 0 Å². The number of non-ortho nitro benzene ring substituents is 1. The Balaban J connectivity index is 1.90. The summed E-state index contributed by atoms with van der Waals surface area (Å²) >= 11 is 9.84. The van der Waals surface area contributed by atoms with Gasteiger partial charge >= 0.3 is 0 Å². The summed E-state index contributed by atoms with van der Waals surface area (Å²) in [5, 5.41) is 15.0. The topological polar surface area (TPSA) is 84.7 Å². The Hall–Kier alpha value is -3.10. The van der Waals surface area contributed by atoms with Crippen LogP contribution in [0.25, 0.3) is 0 Å². The van der Waals surface area contributed by atoms with Crippen molar-refractivity contribution in [2.24, 2.45) is 0 Å². The van der Waals surface area contributed by atoms with E-state index < -0.39 is 11.1 Å². The van der Waals surface area contributed by atoms with Crippen molar-refractivity contribution in [1.29, 1.82) is 0 Å². The summed E-state index contributed by atoms with van der Waals surface area (Å²) in [7, 11) is 0. The summed E-state index contributed by atoms with van der Waals surface area (Å²) in [6.45, 7) is 2.35. The molecular formula is C22H17BrClN3O4. The van der Waals surface area contributed by atoms with Gasteiger partial charge in [-0.1, -0.05) is 33.6 Å². The maximum Gasteiger partial charge on any atom is 0.269 e. The maximum absolute atomic E-state index is 13.6. The molecule has 1 aliphatic heterocycles. The summed E-state index contributed by atoms with van der Waals surface area (Å²) in [6.07, 6.45) is -0.759. The quantitative estimate of drug-likeness (QED) is 0.333. The van der Waals surface area contributed by atoms with Crippen molar-refractivity contribution in [3.8, 4) is 5.75 Å². The Bertz CT molecular complexity index is 1190. The second kappa shape index (κ2) is 8.56. The Morgan fingerprint density at radius 3 is 2.74 bits per heavy atom. The smallest absolute Gasteiger partial charge is 0.269 e. The third-order valence-electron chi connectivity index (χ3n) is 4.87. The van der Waals surface area contributed by atoms with Crippen molar-refractivity contribution in [2.45, 2.75) is 13.1 Å². The summed E-state index contributed by atoms with van der Waals surface area (Å²) < 4.78 is 6.36. The molecule has 31 heavy (non-hydrogen) atoms. The number of anilines is 2. The van der Waals surface area contributed by atoms with E-state index in [9.17, 15) is 14.9 Å². The van der Waals surface area contributed by atoms with E-state index >= 15 is 0 Å². The lowest BCUT2D eigenvalue weighted by molar-refractivity contribution is -0.384. The number of amides is 1. The van der Waals surface area contributed by atoms with Crippen molar-refractivity contribution in [3.05, 3.63) is 91.4 Å². The number of nitrogens with one attached hydrogen (secondary N) is 1. The van der Waals surface area contributed by atoms with Crippen molar-refractivity contribution in [1.82, 2.24) is 0 Å². The van der Waals surface area contributed by atoms with Gasteiger partial charge in [0.2, 0.25) is 0 Å². The third kappa shape index (κ3) is 4.08. The summed E-state index contributed by atoms with van der Waals surface area (Å²) in [5.41, 5.74) is 1.95. The number of halogens is 2. The number of nitro groups is 1. The Labute approximate surface area is 191 Å². The SMILES string of the molecule is CCOc1cccc(N2C(=O)c3cc(Br)ccc3NC2c2cc([N+](=O)[O-])ccc2Cl)c1. The van der Waals surface area contributed by atoms with Crippen molar-refractivity contribution in [3.63, 3.8) is 0 Å². The molecule has 1 atom stereocenters. The second-order valence-corrected chi connectivity index (χ2v) is 8.13. The monoisotopic (exact) mass is 501 g/mol. The maximum atomic E-state index is 13.6. The highest BCUT2D eigenvalue weighted by Crippen LogP contribution is 2.41. The molecule has 158 valence electrons.